The third-order valence-electron chi connectivity index (χ3n) is 3.20. The second-order valence-electron chi connectivity index (χ2n) is 5.30. The molecule has 116 valence electrons. The van der Waals surface area contributed by atoms with Crippen LogP contribution >= 0.6 is 0 Å². The molecule has 0 spiro atoms. The minimum Gasteiger partial charge on any atom is -0.464 e. The first-order valence-corrected chi connectivity index (χ1v) is 8.63. The third-order valence-corrected chi connectivity index (χ3v) is 4.83. The van der Waals surface area contributed by atoms with Crippen LogP contribution in [0.4, 0.5) is 0 Å². The standard InChI is InChI=1S/C14H26N2O3S/c1-6-12(7-2)16-20(17,18)14-8-13(19-11(14)5)9-15-10(3)4/h8,10,12,15-16H,6-7,9H2,1-5H3. The van der Waals surface area contributed by atoms with Crippen molar-refractivity contribution in [1.82, 2.24) is 10.0 Å². The molecule has 0 aliphatic heterocycles. The van der Waals surface area contributed by atoms with Crippen LogP contribution in [0.25, 0.3) is 0 Å². The van der Waals surface area contributed by atoms with Gasteiger partial charge in [0.25, 0.3) is 0 Å². The maximum atomic E-state index is 12.3. The van der Waals surface area contributed by atoms with Crippen molar-refractivity contribution in [3.63, 3.8) is 0 Å². The van der Waals surface area contributed by atoms with E-state index in [2.05, 4.69) is 10.0 Å². The van der Waals surface area contributed by atoms with Crippen LogP contribution in [-0.4, -0.2) is 20.5 Å². The zero-order valence-corrected chi connectivity index (χ0v) is 13.8. The van der Waals surface area contributed by atoms with Gasteiger partial charge in [-0.3, -0.25) is 0 Å². The van der Waals surface area contributed by atoms with E-state index in [0.29, 0.717) is 24.1 Å². The van der Waals surface area contributed by atoms with Crippen LogP contribution in [-0.2, 0) is 16.6 Å². The third kappa shape index (κ3) is 4.61. The summed E-state index contributed by atoms with van der Waals surface area (Å²) in [6, 6.07) is 1.89. The molecule has 6 heteroatoms. The normalized spacial score (nSPS) is 12.6. The largest absolute Gasteiger partial charge is 0.464 e. The quantitative estimate of drug-likeness (QED) is 0.774. The van der Waals surface area contributed by atoms with Crippen LogP contribution in [0.1, 0.15) is 52.1 Å². The summed E-state index contributed by atoms with van der Waals surface area (Å²) in [5, 5.41) is 3.21. The van der Waals surface area contributed by atoms with Gasteiger partial charge in [-0.1, -0.05) is 27.7 Å². The molecule has 0 saturated carbocycles. The number of aryl methyl sites for hydroxylation is 1. The lowest BCUT2D eigenvalue weighted by molar-refractivity contribution is 0.443. The minimum atomic E-state index is -3.50. The van der Waals surface area contributed by atoms with Crippen molar-refractivity contribution in [1.29, 1.82) is 0 Å². The van der Waals surface area contributed by atoms with E-state index in [0.717, 1.165) is 12.8 Å². The van der Waals surface area contributed by atoms with E-state index < -0.39 is 10.0 Å². The van der Waals surface area contributed by atoms with Crippen LogP contribution < -0.4 is 10.0 Å². The average molecular weight is 302 g/mol. The fourth-order valence-electron chi connectivity index (χ4n) is 1.92. The highest BCUT2D eigenvalue weighted by molar-refractivity contribution is 7.89. The molecule has 0 radical (unpaired) electrons. The first kappa shape index (κ1) is 17.2. The molecule has 5 nitrogen and oxygen atoms in total. The highest BCUT2D eigenvalue weighted by Gasteiger charge is 2.23. The van der Waals surface area contributed by atoms with Gasteiger partial charge in [0.2, 0.25) is 10.0 Å². The molecular formula is C14H26N2O3S. The smallest absolute Gasteiger partial charge is 0.244 e. The van der Waals surface area contributed by atoms with E-state index >= 15 is 0 Å². The second-order valence-corrected chi connectivity index (χ2v) is 6.99. The Bertz CT molecular complexity index is 517. The maximum Gasteiger partial charge on any atom is 0.244 e. The molecule has 0 amide bonds. The summed E-state index contributed by atoms with van der Waals surface area (Å²) in [7, 11) is -3.50. The van der Waals surface area contributed by atoms with E-state index in [4.69, 9.17) is 4.42 Å². The van der Waals surface area contributed by atoms with Crippen molar-refractivity contribution in [3.05, 3.63) is 17.6 Å². The number of hydrogen-bond donors (Lipinski definition) is 2. The maximum absolute atomic E-state index is 12.3. The van der Waals surface area contributed by atoms with Crippen molar-refractivity contribution in [3.8, 4) is 0 Å². The number of sulfonamides is 1. The van der Waals surface area contributed by atoms with Gasteiger partial charge in [-0.05, 0) is 19.8 Å². The number of rotatable bonds is 8. The van der Waals surface area contributed by atoms with Gasteiger partial charge in [-0.2, -0.15) is 0 Å². The first-order valence-electron chi connectivity index (χ1n) is 7.15. The first-order chi connectivity index (χ1) is 9.30. The number of nitrogens with one attached hydrogen (secondary N) is 2. The van der Waals surface area contributed by atoms with Crippen molar-refractivity contribution in [2.75, 3.05) is 0 Å². The van der Waals surface area contributed by atoms with Crippen LogP contribution in [0.15, 0.2) is 15.4 Å². The lowest BCUT2D eigenvalue weighted by Gasteiger charge is -2.14. The lowest BCUT2D eigenvalue weighted by Crippen LogP contribution is -2.33. The van der Waals surface area contributed by atoms with Crippen LogP contribution in [0.3, 0.4) is 0 Å². The molecule has 0 saturated heterocycles. The average Bonchev–Trinajstić information content (AvgIpc) is 2.75. The van der Waals surface area contributed by atoms with Gasteiger partial charge in [0.05, 0.1) is 6.54 Å². The molecule has 20 heavy (non-hydrogen) atoms. The van der Waals surface area contributed by atoms with Gasteiger partial charge in [0.1, 0.15) is 16.4 Å². The van der Waals surface area contributed by atoms with E-state index in [1.165, 1.54) is 0 Å². The molecule has 1 heterocycles. The molecule has 0 atom stereocenters. The number of furan rings is 1. The topological polar surface area (TPSA) is 71.3 Å². The summed E-state index contributed by atoms with van der Waals surface area (Å²) < 4.78 is 32.9. The Balaban J connectivity index is 2.89. The Morgan fingerprint density at radius 2 is 1.85 bits per heavy atom. The molecule has 1 rings (SSSR count). The molecular weight excluding hydrogens is 276 g/mol. The highest BCUT2D eigenvalue weighted by atomic mass is 32.2. The Morgan fingerprint density at radius 3 is 2.35 bits per heavy atom. The fraction of sp³-hybridized carbons (Fsp3) is 0.714. The predicted molar refractivity (Wildman–Crippen MR) is 80.1 cm³/mol. The van der Waals surface area contributed by atoms with Crippen LogP contribution in [0.2, 0.25) is 0 Å². The summed E-state index contributed by atoms with van der Waals surface area (Å²) in [5.74, 6) is 1.07. The van der Waals surface area contributed by atoms with E-state index in [1.54, 1.807) is 13.0 Å². The van der Waals surface area contributed by atoms with Crippen molar-refractivity contribution < 1.29 is 12.8 Å². The van der Waals surface area contributed by atoms with Crippen molar-refractivity contribution in [2.45, 2.75) is 71.0 Å². The molecule has 2 N–H and O–H groups in total. The van der Waals surface area contributed by atoms with Crippen LogP contribution in [0, 0.1) is 6.92 Å². The summed E-state index contributed by atoms with van der Waals surface area (Å²) in [4.78, 5) is 0.241. The molecule has 1 aromatic heterocycles. The van der Waals surface area contributed by atoms with Crippen LogP contribution in [0.5, 0.6) is 0 Å². The Labute approximate surface area is 122 Å². The van der Waals surface area contributed by atoms with Gasteiger partial charge >= 0.3 is 0 Å². The summed E-state index contributed by atoms with van der Waals surface area (Å²) in [6.45, 7) is 10.2. The summed E-state index contributed by atoms with van der Waals surface area (Å²) >= 11 is 0. The van der Waals surface area contributed by atoms with Gasteiger partial charge in [0, 0.05) is 18.2 Å². The van der Waals surface area contributed by atoms with E-state index in [-0.39, 0.29) is 10.9 Å². The zero-order valence-electron chi connectivity index (χ0n) is 13.0. The molecule has 0 fully saturated rings. The predicted octanol–water partition coefficient (Wildman–Crippen LogP) is 2.55. The second kappa shape index (κ2) is 7.24. The molecule has 0 aliphatic rings. The Hall–Kier alpha value is -0.850. The minimum absolute atomic E-state index is 0.0356. The van der Waals surface area contributed by atoms with Gasteiger partial charge in [-0.15, -0.1) is 0 Å². The van der Waals surface area contributed by atoms with Gasteiger partial charge in [-0.25, -0.2) is 13.1 Å². The van der Waals surface area contributed by atoms with E-state index in [1.807, 2.05) is 27.7 Å². The summed E-state index contributed by atoms with van der Waals surface area (Å²) in [5.41, 5.74) is 0. The highest BCUT2D eigenvalue weighted by Crippen LogP contribution is 2.20. The van der Waals surface area contributed by atoms with Gasteiger partial charge in [0.15, 0.2) is 0 Å². The van der Waals surface area contributed by atoms with E-state index in [9.17, 15) is 8.42 Å². The Kier molecular flexibility index (Phi) is 6.23. The monoisotopic (exact) mass is 302 g/mol. The lowest BCUT2D eigenvalue weighted by atomic mass is 10.2. The fourth-order valence-corrected chi connectivity index (χ4v) is 3.53. The molecule has 0 bridgehead atoms. The van der Waals surface area contributed by atoms with Crippen molar-refractivity contribution in [2.24, 2.45) is 0 Å². The SMILES string of the molecule is CCC(CC)NS(=O)(=O)c1cc(CNC(C)C)oc1C. The molecule has 0 aromatic carbocycles. The van der Waals surface area contributed by atoms with Crippen molar-refractivity contribution >= 4 is 10.0 Å². The zero-order chi connectivity index (χ0) is 15.3. The molecule has 0 aliphatic carbocycles. The molecule has 1 aromatic rings. The number of hydrogen-bond acceptors (Lipinski definition) is 4. The molecule has 0 unspecified atom stereocenters. The van der Waals surface area contributed by atoms with Gasteiger partial charge < -0.3 is 9.73 Å². The summed E-state index contributed by atoms with van der Waals surface area (Å²) in [6.07, 6.45) is 1.54. The Morgan fingerprint density at radius 1 is 1.25 bits per heavy atom.